The summed E-state index contributed by atoms with van der Waals surface area (Å²) >= 11 is 0. The standard InChI is InChI=1S/C15H19N5/c1-7(2)20-18-14-8(3)12-13(9(4)15(14)19-20)17-11(6)10(5)16-12/h7H,1-6H3/p+1. The quantitative estimate of drug-likeness (QED) is 0.683. The summed E-state index contributed by atoms with van der Waals surface area (Å²) in [5.74, 6) is 0. The SMILES string of the molecule is Cc1nc2c(C)c3nn(C(C)C)nc3c(C)c2[nH+]c1C. The molecule has 0 amide bonds. The Morgan fingerprint density at radius 1 is 0.900 bits per heavy atom. The highest BCUT2D eigenvalue weighted by Gasteiger charge is 2.20. The number of aromatic amines is 1. The minimum Gasteiger partial charge on any atom is -0.240 e. The number of H-pyrrole nitrogens is 1. The molecule has 20 heavy (non-hydrogen) atoms. The first kappa shape index (κ1) is 13.0. The molecule has 5 nitrogen and oxygen atoms in total. The van der Waals surface area contributed by atoms with Crippen LogP contribution in [0.15, 0.2) is 0 Å². The maximum absolute atomic E-state index is 4.73. The number of hydrogen-bond donors (Lipinski definition) is 0. The maximum Gasteiger partial charge on any atom is 0.235 e. The lowest BCUT2D eigenvalue weighted by Gasteiger charge is -2.03. The molecule has 5 heteroatoms. The van der Waals surface area contributed by atoms with Crippen LogP contribution in [0.4, 0.5) is 0 Å². The zero-order valence-electron chi connectivity index (χ0n) is 12.9. The zero-order valence-corrected chi connectivity index (χ0v) is 12.9. The summed E-state index contributed by atoms with van der Waals surface area (Å²) in [7, 11) is 0. The Morgan fingerprint density at radius 3 is 2.10 bits per heavy atom. The Morgan fingerprint density at radius 2 is 1.50 bits per heavy atom. The minimum absolute atomic E-state index is 0.254. The lowest BCUT2D eigenvalue weighted by Crippen LogP contribution is -2.14. The molecule has 2 aromatic heterocycles. The molecular weight excluding hydrogens is 250 g/mol. The molecule has 0 bridgehead atoms. The summed E-state index contributed by atoms with van der Waals surface area (Å²) in [6.45, 7) is 12.4. The lowest BCUT2D eigenvalue weighted by atomic mass is 10.1. The first-order chi connectivity index (χ1) is 9.40. The molecule has 0 aliphatic rings. The summed E-state index contributed by atoms with van der Waals surface area (Å²) in [5.41, 5.74) is 8.29. The van der Waals surface area contributed by atoms with Gasteiger partial charge in [-0.15, -0.1) is 0 Å². The largest absolute Gasteiger partial charge is 0.240 e. The van der Waals surface area contributed by atoms with E-state index in [0.717, 1.165) is 44.6 Å². The van der Waals surface area contributed by atoms with Crippen molar-refractivity contribution in [2.24, 2.45) is 0 Å². The molecule has 1 N–H and O–H groups in total. The van der Waals surface area contributed by atoms with E-state index >= 15 is 0 Å². The van der Waals surface area contributed by atoms with Gasteiger partial charge in [0, 0.05) is 12.5 Å². The fourth-order valence-corrected chi connectivity index (χ4v) is 2.48. The van der Waals surface area contributed by atoms with Crippen molar-refractivity contribution in [2.45, 2.75) is 47.6 Å². The molecule has 1 aromatic carbocycles. The average molecular weight is 270 g/mol. The molecule has 3 rings (SSSR count). The molecule has 0 unspecified atom stereocenters. The van der Waals surface area contributed by atoms with E-state index in [2.05, 4.69) is 42.9 Å². The van der Waals surface area contributed by atoms with Gasteiger partial charge in [0.25, 0.3) is 0 Å². The van der Waals surface area contributed by atoms with Crippen molar-refractivity contribution >= 4 is 22.1 Å². The van der Waals surface area contributed by atoms with Crippen LogP contribution < -0.4 is 4.98 Å². The molecule has 0 radical (unpaired) electrons. The van der Waals surface area contributed by atoms with Crippen molar-refractivity contribution in [3.8, 4) is 0 Å². The van der Waals surface area contributed by atoms with Crippen molar-refractivity contribution in [2.75, 3.05) is 0 Å². The summed E-state index contributed by atoms with van der Waals surface area (Å²) < 4.78 is 0. The summed E-state index contributed by atoms with van der Waals surface area (Å²) in [4.78, 5) is 9.97. The van der Waals surface area contributed by atoms with E-state index in [0.29, 0.717) is 0 Å². The van der Waals surface area contributed by atoms with Gasteiger partial charge in [-0.3, -0.25) is 0 Å². The third kappa shape index (κ3) is 1.69. The Bertz CT molecular complexity index is 765. The van der Waals surface area contributed by atoms with Crippen molar-refractivity contribution < 1.29 is 4.98 Å². The summed E-state index contributed by atoms with van der Waals surface area (Å²) in [6.07, 6.45) is 0. The van der Waals surface area contributed by atoms with Gasteiger partial charge >= 0.3 is 0 Å². The number of benzene rings is 1. The van der Waals surface area contributed by atoms with Gasteiger partial charge in [-0.1, -0.05) is 0 Å². The van der Waals surface area contributed by atoms with Gasteiger partial charge in [0.2, 0.25) is 5.52 Å². The molecule has 2 heterocycles. The Balaban J connectivity index is 2.50. The van der Waals surface area contributed by atoms with Crippen molar-refractivity contribution in [3.63, 3.8) is 0 Å². The number of rotatable bonds is 1. The number of hydrogen-bond acceptors (Lipinski definition) is 3. The van der Waals surface area contributed by atoms with Crippen LogP contribution in [-0.2, 0) is 0 Å². The van der Waals surface area contributed by atoms with Crippen molar-refractivity contribution in [1.82, 2.24) is 20.0 Å². The van der Waals surface area contributed by atoms with Crippen LogP contribution in [0.5, 0.6) is 0 Å². The second kappa shape index (κ2) is 4.23. The fraction of sp³-hybridized carbons (Fsp3) is 0.467. The smallest absolute Gasteiger partial charge is 0.235 e. The van der Waals surface area contributed by atoms with Gasteiger partial charge in [-0.25, -0.2) is 9.97 Å². The predicted molar refractivity (Wildman–Crippen MR) is 78.7 cm³/mol. The van der Waals surface area contributed by atoms with E-state index in [1.165, 1.54) is 0 Å². The number of nitrogens with zero attached hydrogens (tertiary/aromatic N) is 4. The minimum atomic E-state index is 0.254. The summed E-state index contributed by atoms with van der Waals surface area (Å²) in [6, 6.07) is 0.254. The highest BCUT2D eigenvalue weighted by molar-refractivity contribution is 5.97. The first-order valence-corrected chi connectivity index (χ1v) is 6.96. The van der Waals surface area contributed by atoms with E-state index < -0.39 is 0 Å². The molecule has 104 valence electrons. The summed E-state index contributed by atoms with van der Waals surface area (Å²) in [5, 5.41) is 9.26. The molecule has 0 saturated heterocycles. The number of aryl methyl sites for hydroxylation is 4. The Kier molecular flexibility index (Phi) is 2.74. The van der Waals surface area contributed by atoms with E-state index in [1.54, 1.807) is 4.80 Å². The average Bonchev–Trinajstić information content (AvgIpc) is 2.84. The normalized spacial score (nSPS) is 11.9. The van der Waals surface area contributed by atoms with E-state index in [9.17, 15) is 0 Å². The monoisotopic (exact) mass is 270 g/mol. The van der Waals surface area contributed by atoms with Crippen molar-refractivity contribution in [1.29, 1.82) is 0 Å². The molecule has 0 atom stereocenters. The maximum atomic E-state index is 4.73. The fourth-order valence-electron chi connectivity index (χ4n) is 2.48. The van der Waals surface area contributed by atoms with Crippen LogP contribution in [-0.4, -0.2) is 20.0 Å². The van der Waals surface area contributed by atoms with Crippen LogP contribution in [0.3, 0.4) is 0 Å². The van der Waals surface area contributed by atoms with Crippen LogP contribution in [0, 0.1) is 27.7 Å². The van der Waals surface area contributed by atoms with Crippen LogP contribution in [0.1, 0.15) is 42.4 Å². The second-order valence-electron chi connectivity index (χ2n) is 5.73. The van der Waals surface area contributed by atoms with Crippen LogP contribution in [0.25, 0.3) is 22.1 Å². The molecule has 0 saturated carbocycles. The molecule has 0 aliphatic heterocycles. The number of fused-ring (bicyclic) bond motifs is 2. The van der Waals surface area contributed by atoms with Crippen LogP contribution in [0.2, 0.25) is 0 Å². The molecule has 0 spiro atoms. The van der Waals surface area contributed by atoms with Gasteiger partial charge in [0.05, 0.1) is 11.6 Å². The Hall–Kier alpha value is -2.04. The molecular formula is C15H20N5+. The van der Waals surface area contributed by atoms with E-state index in [4.69, 9.17) is 4.98 Å². The van der Waals surface area contributed by atoms with Gasteiger partial charge in [-0.05, 0) is 34.6 Å². The number of nitrogens with one attached hydrogen (secondary N) is 1. The topological polar surface area (TPSA) is 57.7 Å². The highest BCUT2D eigenvalue weighted by Crippen LogP contribution is 2.27. The van der Waals surface area contributed by atoms with Crippen molar-refractivity contribution in [3.05, 3.63) is 22.5 Å². The second-order valence-corrected chi connectivity index (χ2v) is 5.73. The zero-order chi connectivity index (χ0) is 14.6. The first-order valence-electron chi connectivity index (χ1n) is 6.96. The van der Waals surface area contributed by atoms with Gasteiger partial charge in [0.15, 0.2) is 5.69 Å². The third-order valence-corrected chi connectivity index (χ3v) is 3.90. The predicted octanol–water partition coefficient (Wildman–Crippen LogP) is 2.61. The lowest BCUT2D eigenvalue weighted by molar-refractivity contribution is -0.356. The van der Waals surface area contributed by atoms with Gasteiger partial charge in [-0.2, -0.15) is 15.0 Å². The Labute approximate surface area is 118 Å². The van der Waals surface area contributed by atoms with E-state index in [1.807, 2.05) is 13.8 Å². The number of aromatic nitrogens is 5. The molecule has 3 aromatic rings. The molecule has 0 fully saturated rings. The van der Waals surface area contributed by atoms with Gasteiger partial charge in [0.1, 0.15) is 22.2 Å². The third-order valence-electron chi connectivity index (χ3n) is 3.90. The molecule has 0 aliphatic carbocycles. The highest BCUT2D eigenvalue weighted by atomic mass is 15.5. The van der Waals surface area contributed by atoms with E-state index in [-0.39, 0.29) is 6.04 Å². The van der Waals surface area contributed by atoms with Crippen LogP contribution >= 0.6 is 0 Å². The van der Waals surface area contributed by atoms with Gasteiger partial charge < -0.3 is 0 Å².